The van der Waals surface area contributed by atoms with Crippen LogP contribution >= 0.6 is 19.4 Å². The number of carbonyl (C=O) groups excluding carboxylic acids is 1. The van der Waals surface area contributed by atoms with Crippen LogP contribution in [0.3, 0.4) is 0 Å². The lowest BCUT2D eigenvalue weighted by Crippen LogP contribution is -2.32. The van der Waals surface area contributed by atoms with E-state index in [2.05, 4.69) is 20.7 Å². The number of carbonyl (C=O) groups is 2. The number of esters is 1. The Labute approximate surface area is 197 Å². The first-order valence-corrected chi connectivity index (χ1v) is 12.9. The van der Waals surface area contributed by atoms with Crippen LogP contribution < -0.4 is 10.9 Å². The molecule has 0 bridgehead atoms. The first-order valence-electron chi connectivity index (χ1n) is 10.2. The molecule has 15 nitrogen and oxygen atoms in total. The number of aliphatic carboxylic acids is 1. The molecule has 17 heteroatoms. The second kappa shape index (κ2) is 10.8. The maximum atomic E-state index is 13.1. The molecule has 2 aromatic heterocycles. The summed E-state index contributed by atoms with van der Waals surface area (Å²) in [6.07, 6.45) is -0.760. The molecule has 0 radical (unpaired) electrons. The second-order valence-corrected chi connectivity index (χ2v) is 10.2. The lowest BCUT2D eigenvalue weighted by Gasteiger charge is -2.23. The summed E-state index contributed by atoms with van der Waals surface area (Å²) in [7, 11) is -2.66. The third-order valence-corrected chi connectivity index (χ3v) is 7.86. The number of hydrogen-bond donors (Lipinski definition) is 2. The van der Waals surface area contributed by atoms with E-state index in [9.17, 15) is 24.1 Å². The van der Waals surface area contributed by atoms with Gasteiger partial charge in [-0.3, -0.25) is 18.8 Å². The van der Waals surface area contributed by atoms with Gasteiger partial charge >= 0.3 is 19.5 Å². The molecule has 1 saturated heterocycles. The number of anilines is 1. The summed E-state index contributed by atoms with van der Waals surface area (Å²) < 4.78 is 36.2. The molecule has 34 heavy (non-hydrogen) atoms. The number of hydrogen-bond acceptors (Lipinski definition) is 13. The van der Waals surface area contributed by atoms with E-state index >= 15 is 0 Å². The van der Waals surface area contributed by atoms with Crippen LogP contribution in [0.4, 0.5) is 5.82 Å². The van der Waals surface area contributed by atoms with Crippen molar-refractivity contribution < 1.29 is 37.8 Å². The molecule has 0 aliphatic carbocycles. The average Bonchev–Trinajstić information content (AvgIpc) is 3.35. The number of nitrogens with one attached hydrogen (secondary N) is 1. The van der Waals surface area contributed by atoms with Crippen molar-refractivity contribution in [3.8, 4) is 0 Å². The predicted octanol–water partition coefficient (Wildman–Crippen LogP) is 0.765. The summed E-state index contributed by atoms with van der Waals surface area (Å²) >= 11 is 1.35. The maximum absolute atomic E-state index is 13.1. The standard InChI is InChI=1S/C17H25N6O9PS/c1-5-30-33(28,31-6-2)15(17(26)27)18-14-12-13(22(4)20-14)16(25)23(21-19-12)10-8-34-11(32-10)7-29-9(3)24/h10-11,15H,5-8H2,1-4H3,(H,18,20)(H,26,27). The molecule has 1 aliphatic rings. The summed E-state index contributed by atoms with van der Waals surface area (Å²) in [5.41, 5.74) is -1.07. The highest BCUT2D eigenvalue weighted by Gasteiger charge is 2.42. The molecule has 3 unspecified atom stereocenters. The topological polar surface area (TPSA) is 186 Å². The summed E-state index contributed by atoms with van der Waals surface area (Å²) in [5, 5.41) is 24.3. The number of fused-ring (bicyclic) bond motifs is 1. The zero-order chi connectivity index (χ0) is 25.0. The highest BCUT2D eigenvalue weighted by molar-refractivity contribution is 8.00. The van der Waals surface area contributed by atoms with Crippen molar-refractivity contribution in [2.75, 3.05) is 30.9 Å². The average molecular weight is 520 g/mol. The maximum Gasteiger partial charge on any atom is 0.364 e. The minimum absolute atomic E-state index is 0.0151. The van der Waals surface area contributed by atoms with Gasteiger partial charge in [-0.15, -0.1) is 16.9 Å². The van der Waals surface area contributed by atoms with Gasteiger partial charge in [-0.2, -0.15) is 9.78 Å². The first-order chi connectivity index (χ1) is 16.1. The van der Waals surface area contributed by atoms with E-state index < -0.39 is 42.5 Å². The Morgan fingerprint density at radius 2 is 2.03 bits per heavy atom. The van der Waals surface area contributed by atoms with Crippen LogP contribution in [-0.2, 0) is 39.7 Å². The third-order valence-electron chi connectivity index (χ3n) is 4.54. The van der Waals surface area contributed by atoms with Crippen LogP contribution in [0.1, 0.15) is 27.0 Å². The van der Waals surface area contributed by atoms with Crippen LogP contribution in [0.15, 0.2) is 4.79 Å². The molecule has 188 valence electrons. The number of rotatable bonds is 11. The summed E-state index contributed by atoms with van der Waals surface area (Å²) in [6.45, 7) is 4.31. The fourth-order valence-electron chi connectivity index (χ4n) is 3.17. The number of nitrogens with zero attached hydrogens (tertiary/aromatic N) is 5. The van der Waals surface area contributed by atoms with Crippen LogP contribution in [0.2, 0.25) is 0 Å². The fraction of sp³-hybridized carbons (Fsp3) is 0.647. The molecule has 0 spiro atoms. The van der Waals surface area contributed by atoms with Gasteiger partial charge in [0.05, 0.1) is 13.2 Å². The first kappa shape index (κ1) is 26.1. The SMILES string of the molecule is CCOP(=O)(OCC)C(Nc1nn(C)c2c(=O)n(C3CSC(COC(C)=O)O3)nnc12)C(=O)O. The van der Waals surface area contributed by atoms with Crippen molar-refractivity contribution in [2.24, 2.45) is 7.05 Å². The molecular weight excluding hydrogens is 495 g/mol. The number of carboxylic acids is 1. The van der Waals surface area contributed by atoms with Gasteiger partial charge in [-0.25, -0.2) is 4.79 Å². The zero-order valence-electron chi connectivity index (χ0n) is 18.9. The summed E-state index contributed by atoms with van der Waals surface area (Å²) in [6, 6.07) is 0. The number of aromatic nitrogens is 5. The van der Waals surface area contributed by atoms with Crippen molar-refractivity contribution in [2.45, 2.75) is 38.2 Å². The van der Waals surface area contributed by atoms with Gasteiger partial charge in [0.15, 0.2) is 23.1 Å². The van der Waals surface area contributed by atoms with Crippen molar-refractivity contribution in [1.29, 1.82) is 0 Å². The van der Waals surface area contributed by atoms with Crippen molar-refractivity contribution >= 4 is 48.1 Å². The number of aryl methyl sites for hydroxylation is 1. The van der Waals surface area contributed by atoms with E-state index in [4.69, 9.17) is 18.5 Å². The van der Waals surface area contributed by atoms with Crippen LogP contribution in [0, 0.1) is 0 Å². The minimum atomic E-state index is -4.13. The number of ether oxygens (including phenoxy) is 2. The Kier molecular flexibility index (Phi) is 8.30. The third kappa shape index (κ3) is 5.41. The van der Waals surface area contributed by atoms with E-state index in [0.29, 0.717) is 5.75 Å². The Morgan fingerprint density at radius 3 is 2.62 bits per heavy atom. The van der Waals surface area contributed by atoms with E-state index in [-0.39, 0.29) is 36.7 Å². The van der Waals surface area contributed by atoms with E-state index in [1.165, 1.54) is 30.4 Å². The van der Waals surface area contributed by atoms with E-state index in [1.807, 2.05) is 0 Å². The molecule has 1 aliphatic heterocycles. The predicted molar refractivity (Wildman–Crippen MR) is 119 cm³/mol. The lowest BCUT2D eigenvalue weighted by atomic mass is 10.4. The Morgan fingerprint density at radius 1 is 1.35 bits per heavy atom. The molecule has 0 saturated carbocycles. The van der Waals surface area contributed by atoms with Gasteiger partial charge in [-0.05, 0) is 13.8 Å². The van der Waals surface area contributed by atoms with Crippen molar-refractivity contribution in [3.63, 3.8) is 0 Å². The van der Waals surface area contributed by atoms with Gasteiger partial charge in [0.2, 0.25) is 5.78 Å². The Balaban J connectivity index is 1.91. The van der Waals surface area contributed by atoms with Crippen LogP contribution in [0.5, 0.6) is 0 Å². The lowest BCUT2D eigenvalue weighted by molar-refractivity contribution is -0.144. The minimum Gasteiger partial charge on any atom is -0.479 e. The van der Waals surface area contributed by atoms with Gasteiger partial charge in [0, 0.05) is 19.7 Å². The van der Waals surface area contributed by atoms with Crippen LogP contribution in [-0.4, -0.2) is 78.6 Å². The monoisotopic (exact) mass is 520 g/mol. The molecule has 0 aromatic carbocycles. The number of carboxylic acid groups (broad SMARTS) is 1. The highest BCUT2D eigenvalue weighted by Crippen LogP contribution is 2.53. The molecule has 3 atom stereocenters. The van der Waals surface area contributed by atoms with Crippen molar-refractivity contribution in [3.05, 3.63) is 10.4 Å². The molecule has 1 fully saturated rings. The van der Waals surface area contributed by atoms with Gasteiger partial charge in [0.1, 0.15) is 12.0 Å². The zero-order valence-corrected chi connectivity index (χ0v) is 20.6. The van der Waals surface area contributed by atoms with Gasteiger partial charge < -0.3 is 28.9 Å². The molecule has 2 aromatic rings. The van der Waals surface area contributed by atoms with Crippen LogP contribution in [0.25, 0.3) is 11.0 Å². The van der Waals surface area contributed by atoms with E-state index in [0.717, 1.165) is 4.68 Å². The molecule has 2 N–H and O–H groups in total. The largest absolute Gasteiger partial charge is 0.479 e. The Hall–Kier alpha value is -2.52. The molecule has 0 amide bonds. The quantitative estimate of drug-likeness (QED) is 0.312. The molecular formula is C17H25N6O9PS. The fourth-order valence-corrected chi connectivity index (χ4v) is 5.78. The number of thioether (sulfide) groups is 1. The molecule has 3 rings (SSSR count). The Bertz CT molecular complexity index is 1160. The van der Waals surface area contributed by atoms with Crippen molar-refractivity contribution in [1.82, 2.24) is 24.8 Å². The highest BCUT2D eigenvalue weighted by atomic mass is 32.2. The second-order valence-electron chi connectivity index (χ2n) is 6.93. The molecule has 3 heterocycles. The van der Waals surface area contributed by atoms with Gasteiger partial charge in [0.25, 0.3) is 5.56 Å². The normalized spacial score (nSPS) is 19.3. The summed E-state index contributed by atoms with van der Waals surface area (Å²) in [5.74, 6) is -3.51. The smallest absolute Gasteiger partial charge is 0.364 e. The summed E-state index contributed by atoms with van der Waals surface area (Å²) in [4.78, 5) is 36.0. The van der Waals surface area contributed by atoms with E-state index in [1.54, 1.807) is 13.8 Å². The van der Waals surface area contributed by atoms with Gasteiger partial charge in [-0.1, -0.05) is 5.21 Å².